The first-order valence-electron chi connectivity index (χ1n) is 8.98. The first-order chi connectivity index (χ1) is 11.7. The van der Waals surface area contributed by atoms with Gasteiger partial charge in [-0.3, -0.25) is 0 Å². The molecule has 0 atom stereocenters. The van der Waals surface area contributed by atoms with Crippen molar-refractivity contribution in [3.8, 4) is 11.5 Å². The summed E-state index contributed by atoms with van der Waals surface area (Å²) >= 11 is 0. The third-order valence-electron chi connectivity index (χ3n) is 5.73. The van der Waals surface area contributed by atoms with E-state index in [1.807, 2.05) is 0 Å². The van der Waals surface area contributed by atoms with Gasteiger partial charge < -0.3 is 9.47 Å². The zero-order valence-electron chi connectivity index (χ0n) is 16.0. The summed E-state index contributed by atoms with van der Waals surface area (Å²) in [7, 11) is -0.613. The van der Waals surface area contributed by atoms with Gasteiger partial charge in [-0.2, -0.15) is 0 Å². The minimum absolute atomic E-state index is 0.0132. The highest BCUT2D eigenvalue weighted by Crippen LogP contribution is 2.40. The Morgan fingerprint density at radius 3 is 2.28 bits per heavy atom. The van der Waals surface area contributed by atoms with Crippen LogP contribution < -0.4 is 14.2 Å². The van der Waals surface area contributed by atoms with Crippen LogP contribution in [-0.2, 0) is 10.0 Å². The van der Waals surface area contributed by atoms with Gasteiger partial charge in [0.25, 0.3) is 0 Å². The maximum Gasteiger partial charge on any atom is 0.244 e. The van der Waals surface area contributed by atoms with Crippen molar-refractivity contribution in [2.75, 3.05) is 14.2 Å². The SMILES string of the molecule is CCC(C)(C)C1CCC(NS(=O)(=O)c2ccc(OC)cc2OC)CC1. The third kappa shape index (κ3) is 4.67. The van der Waals surface area contributed by atoms with Gasteiger partial charge in [0.15, 0.2) is 0 Å². The molecule has 0 aliphatic heterocycles. The molecule has 0 heterocycles. The van der Waals surface area contributed by atoms with Crippen LogP contribution in [0.4, 0.5) is 0 Å². The molecule has 1 aromatic carbocycles. The van der Waals surface area contributed by atoms with Crippen LogP contribution in [0.3, 0.4) is 0 Å². The molecule has 2 rings (SSSR count). The molecule has 0 spiro atoms. The summed E-state index contributed by atoms with van der Waals surface area (Å²) in [5, 5.41) is 0. The molecule has 1 aliphatic rings. The monoisotopic (exact) mass is 369 g/mol. The highest BCUT2D eigenvalue weighted by atomic mass is 32.2. The van der Waals surface area contributed by atoms with Crippen molar-refractivity contribution in [3.63, 3.8) is 0 Å². The number of rotatable bonds is 7. The number of hydrogen-bond donors (Lipinski definition) is 1. The van der Waals surface area contributed by atoms with Crippen molar-refractivity contribution < 1.29 is 17.9 Å². The van der Waals surface area contributed by atoms with Crippen molar-refractivity contribution in [1.29, 1.82) is 0 Å². The molecule has 0 amide bonds. The molecular weight excluding hydrogens is 338 g/mol. The summed E-state index contributed by atoms with van der Waals surface area (Å²) in [4.78, 5) is 0.159. The Hall–Kier alpha value is -1.27. The predicted molar refractivity (Wildman–Crippen MR) is 99.7 cm³/mol. The van der Waals surface area contributed by atoms with Gasteiger partial charge in [0.2, 0.25) is 10.0 Å². The van der Waals surface area contributed by atoms with E-state index in [9.17, 15) is 8.42 Å². The van der Waals surface area contributed by atoms with Crippen LogP contribution in [0, 0.1) is 11.3 Å². The summed E-state index contributed by atoms with van der Waals surface area (Å²) in [5.41, 5.74) is 0.322. The molecule has 142 valence electrons. The Bertz CT molecular complexity index is 677. The summed E-state index contributed by atoms with van der Waals surface area (Å²) < 4.78 is 38.8. The number of ether oxygens (including phenoxy) is 2. The maximum absolute atomic E-state index is 12.8. The van der Waals surface area contributed by atoms with E-state index in [1.165, 1.54) is 20.3 Å². The molecule has 1 N–H and O–H groups in total. The lowest BCUT2D eigenvalue weighted by Crippen LogP contribution is -2.39. The third-order valence-corrected chi connectivity index (χ3v) is 7.29. The van der Waals surface area contributed by atoms with Gasteiger partial charge in [-0.15, -0.1) is 0 Å². The van der Waals surface area contributed by atoms with Gasteiger partial charge >= 0.3 is 0 Å². The molecule has 0 bridgehead atoms. The molecule has 6 heteroatoms. The zero-order valence-corrected chi connectivity index (χ0v) is 16.8. The van der Waals surface area contributed by atoms with Gasteiger partial charge in [0.1, 0.15) is 16.4 Å². The summed E-state index contributed by atoms with van der Waals surface area (Å²) in [6, 6.07) is 4.75. The lowest BCUT2D eigenvalue weighted by Gasteiger charge is -2.39. The van der Waals surface area contributed by atoms with E-state index in [0.717, 1.165) is 32.1 Å². The molecule has 0 aromatic heterocycles. The van der Waals surface area contributed by atoms with Gasteiger partial charge in [-0.05, 0) is 49.1 Å². The number of hydrogen-bond acceptors (Lipinski definition) is 4. The average Bonchev–Trinajstić information content (AvgIpc) is 2.61. The summed E-state index contributed by atoms with van der Waals surface area (Å²) in [6.45, 7) is 6.85. The number of benzene rings is 1. The van der Waals surface area contributed by atoms with E-state index < -0.39 is 10.0 Å². The smallest absolute Gasteiger partial charge is 0.244 e. The minimum Gasteiger partial charge on any atom is -0.497 e. The van der Waals surface area contributed by atoms with Crippen molar-refractivity contribution in [2.24, 2.45) is 11.3 Å². The second kappa shape index (κ2) is 7.96. The van der Waals surface area contributed by atoms with Crippen molar-refractivity contribution in [1.82, 2.24) is 4.72 Å². The topological polar surface area (TPSA) is 64.6 Å². The molecular formula is C19H31NO4S. The predicted octanol–water partition coefficient (Wildman–Crippen LogP) is 3.98. The van der Waals surface area contributed by atoms with E-state index >= 15 is 0 Å². The van der Waals surface area contributed by atoms with Gasteiger partial charge in [0, 0.05) is 12.1 Å². The fraction of sp³-hybridized carbons (Fsp3) is 0.684. The Morgan fingerprint density at radius 2 is 1.76 bits per heavy atom. The van der Waals surface area contributed by atoms with Crippen LogP contribution in [0.5, 0.6) is 11.5 Å². The van der Waals surface area contributed by atoms with E-state index in [2.05, 4.69) is 25.5 Å². The number of sulfonamides is 1. The zero-order chi connectivity index (χ0) is 18.7. The largest absolute Gasteiger partial charge is 0.497 e. The molecule has 1 fully saturated rings. The second-order valence-corrected chi connectivity index (χ2v) is 9.21. The van der Waals surface area contributed by atoms with Gasteiger partial charge in [-0.25, -0.2) is 13.1 Å². The lowest BCUT2D eigenvalue weighted by atomic mass is 9.69. The quantitative estimate of drug-likeness (QED) is 0.790. The van der Waals surface area contributed by atoms with Crippen LogP contribution in [0.1, 0.15) is 52.9 Å². The molecule has 1 saturated carbocycles. The molecule has 1 aliphatic carbocycles. The second-order valence-electron chi connectivity index (χ2n) is 7.53. The molecule has 25 heavy (non-hydrogen) atoms. The Balaban J connectivity index is 2.08. The molecule has 1 aromatic rings. The highest BCUT2D eigenvalue weighted by molar-refractivity contribution is 7.89. The van der Waals surface area contributed by atoms with Crippen LogP contribution in [0.15, 0.2) is 23.1 Å². The molecule has 0 radical (unpaired) electrons. The molecule has 0 saturated heterocycles. The van der Waals surface area contributed by atoms with Crippen LogP contribution >= 0.6 is 0 Å². The first-order valence-corrected chi connectivity index (χ1v) is 10.5. The van der Waals surface area contributed by atoms with Crippen molar-refractivity contribution in [3.05, 3.63) is 18.2 Å². The van der Waals surface area contributed by atoms with E-state index in [0.29, 0.717) is 22.8 Å². The van der Waals surface area contributed by atoms with Crippen molar-refractivity contribution >= 4 is 10.0 Å². The standard InChI is InChI=1S/C19H31NO4S/c1-6-19(2,3)14-7-9-15(10-8-14)20-25(21,22)18-12-11-16(23-4)13-17(18)24-5/h11-15,20H,6-10H2,1-5H3. The van der Waals surface area contributed by atoms with Crippen LogP contribution in [-0.4, -0.2) is 28.7 Å². The van der Waals surface area contributed by atoms with Gasteiger partial charge in [-0.1, -0.05) is 27.2 Å². The lowest BCUT2D eigenvalue weighted by molar-refractivity contribution is 0.142. The Labute approximate surface area is 152 Å². The number of methoxy groups -OCH3 is 2. The number of nitrogens with one attached hydrogen (secondary N) is 1. The van der Waals surface area contributed by atoms with Gasteiger partial charge in [0.05, 0.1) is 14.2 Å². The summed E-state index contributed by atoms with van der Waals surface area (Å²) in [5.74, 6) is 1.53. The fourth-order valence-electron chi connectivity index (χ4n) is 3.56. The normalized spacial score (nSPS) is 21.8. The molecule has 0 unspecified atom stereocenters. The fourth-order valence-corrected chi connectivity index (χ4v) is 5.02. The minimum atomic E-state index is -3.62. The van der Waals surface area contributed by atoms with Crippen LogP contribution in [0.2, 0.25) is 0 Å². The summed E-state index contributed by atoms with van der Waals surface area (Å²) in [6.07, 6.45) is 5.04. The van der Waals surface area contributed by atoms with Crippen molar-refractivity contribution in [2.45, 2.75) is 63.8 Å². The maximum atomic E-state index is 12.8. The van der Waals surface area contributed by atoms with E-state index in [4.69, 9.17) is 9.47 Å². The Kier molecular flexibility index (Phi) is 6.38. The Morgan fingerprint density at radius 1 is 1.12 bits per heavy atom. The molecule has 5 nitrogen and oxygen atoms in total. The first kappa shape index (κ1) is 20.0. The highest BCUT2D eigenvalue weighted by Gasteiger charge is 2.33. The van der Waals surface area contributed by atoms with Crippen LogP contribution in [0.25, 0.3) is 0 Å². The average molecular weight is 370 g/mol. The van der Waals surface area contributed by atoms with E-state index in [-0.39, 0.29) is 10.9 Å². The van der Waals surface area contributed by atoms with E-state index in [1.54, 1.807) is 12.1 Å².